The first-order valence-corrected chi connectivity index (χ1v) is 9.57. The van der Waals surface area contributed by atoms with Crippen LogP contribution in [0.5, 0.6) is 5.75 Å². The Balaban J connectivity index is 0.000000311. The molecule has 9 heteroatoms. The number of nitrogens with one attached hydrogen (secondary N) is 2. The van der Waals surface area contributed by atoms with Crippen LogP contribution < -0.4 is 15.8 Å². The minimum absolute atomic E-state index is 0.0694. The topological polar surface area (TPSA) is 88.2 Å². The zero-order chi connectivity index (χ0) is 23.4. The van der Waals surface area contributed by atoms with Gasteiger partial charge in [0.25, 0.3) is 0 Å². The smallest absolute Gasteiger partial charge is 0.248 e. The highest BCUT2D eigenvalue weighted by Crippen LogP contribution is 2.37. The van der Waals surface area contributed by atoms with Crippen LogP contribution in [-0.4, -0.2) is 25.3 Å². The summed E-state index contributed by atoms with van der Waals surface area (Å²) in [5.74, 6) is -5.45. The molecule has 0 aliphatic heterocycles. The molecule has 0 radical (unpaired) electrons. The molecule has 0 spiro atoms. The molecule has 170 valence electrons. The van der Waals surface area contributed by atoms with E-state index >= 15 is 0 Å². The molecule has 1 atom stereocenters. The minimum atomic E-state index is -2.69. The molecule has 1 saturated carbocycles. The van der Waals surface area contributed by atoms with Crippen LogP contribution in [-0.2, 0) is 4.79 Å². The second-order valence-corrected chi connectivity index (χ2v) is 6.93. The van der Waals surface area contributed by atoms with Gasteiger partial charge in [-0.2, -0.15) is 4.39 Å². The summed E-state index contributed by atoms with van der Waals surface area (Å²) < 4.78 is 55.8. The van der Waals surface area contributed by atoms with Gasteiger partial charge in [-0.1, -0.05) is 18.2 Å². The SMILES string of the molecule is COc1cccc(F)c1F.Cc1cccc(NC(=O)[C@H]2CCCC(F)(F)C2)c1.N=CN. The number of amides is 1. The molecule has 2 aromatic carbocycles. The maximum absolute atomic E-state index is 13.2. The molecule has 31 heavy (non-hydrogen) atoms. The summed E-state index contributed by atoms with van der Waals surface area (Å²) in [5, 5.41) is 8.58. The normalized spacial score (nSPS) is 16.5. The number of nitrogens with two attached hydrogens (primary N) is 1. The van der Waals surface area contributed by atoms with E-state index in [1.165, 1.54) is 19.2 Å². The molecular weight excluding hydrogens is 414 g/mol. The van der Waals surface area contributed by atoms with E-state index in [0.717, 1.165) is 18.0 Å². The molecule has 0 unspecified atom stereocenters. The maximum atomic E-state index is 13.2. The van der Waals surface area contributed by atoms with E-state index in [1.54, 1.807) is 6.07 Å². The fourth-order valence-electron chi connectivity index (χ4n) is 3.00. The van der Waals surface area contributed by atoms with Crippen molar-refractivity contribution in [2.45, 2.75) is 38.5 Å². The summed E-state index contributed by atoms with van der Waals surface area (Å²) in [7, 11) is 1.29. The van der Waals surface area contributed by atoms with Crippen molar-refractivity contribution in [2.75, 3.05) is 12.4 Å². The van der Waals surface area contributed by atoms with Crippen molar-refractivity contribution in [3.63, 3.8) is 0 Å². The molecule has 5 nitrogen and oxygen atoms in total. The van der Waals surface area contributed by atoms with Gasteiger partial charge in [-0.15, -0.1) is 0 Å². The predicted octanol–water partition coefficient (Wildman–Crippen LogP) is 5.28. The van der Waals surface area contributed by atoms with Gasteiger partial charge in [0.2, 0.25) is 17.6 Å². The van der Waals surface area contributed by atoms with Gasteiger partial charge in [-0.05, 0) is 49.6 Å². The molecule has 1 fully saturated rings. The van der Waals surface area contributed by atoms with E-state index in [2.05, 4.69) is 15.8 Å². The number of hydrogen-bond acceptors (Lipinski definition) is 3. The Hall–Kier alpha value is -3.10. The Morgan fingerprint density at radius 3 is 2.45 bits per heavy atom. The summed E-state index contributed by atoms with van der Waals surface area (Å²) in [5.41, 5.74) is 6.09. The van der Waals surface area contributed by atoms with E-state index in [-0.39, 0.29) is 24.5 Å². The standard InChI is InChI=1S/C14H17F2NO.C7H6F2O.CH4N2/c1-10-4-2-6-12(8-10)17-13(18)11-5-3-7-14(15,16)9-11;1-10-6-4-2-3-5(8)7(6)9;2-1-3/h2,4,6,8,11H,3,5,7,9H2,1H3,(H,17,18);2-4H,1H3;1H,(H3,2,3)/t11-;;/m0../s1. The van der Waals surface area contributed by atoms with Gasteiger partial charge < -0.3 is 15.8 Å². The Morgan fingerprint density at radius 2 is 1.90 bits per heavy atom. The lowest BCUT2D eigenvalue weighted by molar-refractivity contribution is -0.127. The van der Waals surface area contributed by atoms with Crippen LogP contribution in [0.2, 0.25) is 0 Å². The van der Waals surface area contributed by atoms with E-state index in [1.807, 2.05) is 25.1 Å². The molecule has 0 bridgehead atoms. The monoisotopic (exact) mass is 441 g/mol. The fourth-order valence-corrected chi connectivity index (χ4v) is 3.00. The molecule has 0 saturated heterocycles. The van der Waals surface area contributed by atoms with E-state index in [4.69, 9.17) is 5.41 Å². The first-order chi connectivity index (χ1) is 14.6. The lowest BCUT2D eigenvalue weighted by Gasteiger charge is -2.28. The van der Waals surface area contributed by atoms with Crippen LogP contribution in [0.25, 0.3) is 0 Å². The van der Waals surface area contributed by atoms with Gasteiger partial charge in [0.1, 0.15) is 0 Å². The average molecular weight is 441 g/mol. The quantitative estimate of drug-likeness (QED) is 0.344. The third kappa shape index (κ3) is 9.06. The van der Waals surface area contributed by atoms with Crippen molar-refractivity contribution in [3.05, 3.63) is 59.7 Å². The van der Waals surface area contributed by atoms with Crippen LogP contribution in [0.15, 0.2) is 42.5 Å². The second kappa shape index (κ2) is 12.6. The number of halogens is 4. The van der Waals surface area contributed by atoms with Gasteiger partial charge >= 0.3 is 0 Å². The van der Waals surface area contributed by atoms with Crippen LogP contribution in [0.4, 0.5) is 23.2 Å². The number of carbonyl (C=O) groups excluding carboxylic acids is 1. The number of benzene rings is 2. The molecule has 1 amide bonds. The third-order valence-electron chi connectivity index (χ3n) is 4.43. The highest BCUT2D eigenvalue weighted by molar-refractivity contribution is 5.92. The number of methoxy groups -OCH3 is 1. The Labute approximate surface area is 179 Å². The fraction of sp³-hybridized carbons (Fsp3) is 0.364. The molecule has 1 aliphatic rings. The molecule has 1 aliphatic carbocycles. The summed E-state index contributed by atoms with van der Waals surface area (Å²) in [6, 6.07) is 11.1. The maximum Gasteiger partial charge on any atom is 0.248 e. The van der Waals surface area contributed by atoms with Crippen molar-refractivity contribution in [2.24, 2.45) is 11.7 Å². The summed E-state index contributed by atoms with van der Waals surface area (Å²) in [6.45, 7) is 1.92. The molecule has 0 aromatic heterocycles. The number of hydrogen-bond donors (Lipinski definition) is 3. The Bertz CT molecular complexity index is 862. The van der Waals surface area contributed by atoms with Gasteiger partial charge in [-0.3, -0.25) is 10.2 Å². The van der Waals surface area contributed by atoms with E-state index in [0.29, 0.717) is 18.5 Å². The molecule has 2 aromatic rings. The van der Waals surface area contributed by atoms with Crippen LogP contribution in [0, 0.1) is 29.9 Å². The van der Waals surface area contributed by atoms with Crippen molar-refractivity contribution >= 4 is 17.9 Å². The number of rotatable bonds is 3. The number of anilines is 1. The van der Waals surface area contributed by atoms with Crippen molar-refractivity contribution in [3.8, 4) is 5.75 Å². The highest BCUT2D eigenvalue weighted by Gasteiger charge is 2.39. The summed E-state index contributed by atoms with van der Waals surface area (Å²) in [4.78, 5) is 11.9. The zero-order valence-electron chi connectivity index (χ0n) is 17.4. The summed E-state index contributed by atoms with van der Waals surface area (Å²) in [6.07, 6.45) is 1.29. The number of alkyl halides is 2. The number of carbonyl (C=O) groups is 1. The van der Waals surface area contributed by atoms with Crippen molar-refractivity contribution < 1.29 is 27.1 Å². The van der Waals surface area contributed by atoms with Crippen LogP contribution in [0.3, 0.4) is 0 Å². The lowest BCUT2D eigenvalue weighted by atomic mass is 9.86. The highest BCUT2D eigenvalue weighted by atomic mass is 19.3. The molecule has 0 heterocycles. The van der Waals surface area contributed by atoms with E-state index in [9.17, 15) is 22.4 Å². The van der Waals surface area contributed by atoms with Gasteiger partial charge in [0.05, 0.1) is 13.4 Å². The summed E-state index contributed by atoms with van der Waals surface area (Å²) >= 11 is 0. The van der Waals surface area contributed by atoms with E-state index < -0.39 is 23.5 Å². The predicted molar refractivity (Wildman–Crippen MR) is 113 cm³/mol. The minimum Gasteiger partial charge on any atom is -0.494 e. The first kappa shape index (κ1) is 25.9. The van der Waals surface area contributed by atoms with Crippen LogP contribution >= 0.6 is 0 Å². The lowest BCUT2D eigenvalue weighted by Crippen LogP contribution is -2.33. The second-order valence-electron chi connectivity index (χ2n) is 6.93. The molecular formula is C22H27F4N3O2. The van der Waals surface area contributed by atoms with Crippen LogP contribution in [0.1, 0.15) is 31.2 Å². The van der Waals surface area contributed by atoms with Gasteiger partial charge in [0, 0.05) is 24.4 Å². The number of ether oxygens (including phenoxy) is 1. The first-order valence-electron chi connectivity index (χ1n) is 9.57. The van der Waals surface area contributed by atoms with Gasteiger partial charge in [-0.25, -0.2) is 13.2 Å². The third-order valence-corrected chi connectivity index (χ3v) is 4.43. The van der Waals surface area contributed by atoms with Crippen molar-refractivity contribution in [1.29, 1.82) is 5.41 Å². The Morgan fingerprint density at radius 1 is 1.26 bits per heavy atom. The molecule has 3 rings (SSSR count). The average Bonchev–Trinajstić information content (AvgIpc) is 2.70. The largest absolute Gasteiger partial charge is 0.494 e. The molecule has 4 N–H and O–H groups in total. The Kier molecular flexibility index (Phi) is 10.5. The van der Waals surface area contributed by atoms with Gasteiger partial charge in [0.15, 0.2) is 11.6 Å². The van der Waals surface area contributed by atoms with Crippen molar-refractivity contribution in [1.82, 2.24) is 0 Å². The zero-order valence-corrected chi connectivity index (χ0v) is 17.4. The number of aryl methyl sites for hydroxylation is 1.